The number of nitrogens with zero attached hydrogens (tertiary/aromatic N) is 3. The second-order valence-electron chi connectivity index (χ2n) is 7.69. The molecule has 0 aliphatic heterocycles. The van der Waals surface area contributed by atoms with Crippen LogP contribution in [0.4, 0.5) is 13.2 Å². The third-order valence-corrected chi connectivity index (χ3v) is 4.44. The molecule has 3 rings (SSSR count). The van der Waals surface area contributed by atoms with Crippen LogP contribution in [0.15, 0.2) is 36.5 Å². The number of fused-ring (bicyclic) bond motifs is 1. The lowest BCUT2D eigenvalue weighted by Gasteiger charge is -2.13. The number of carbonyl (C=O) groups is 1. The number of halogens is 3. The van der Waals surface area contributed by atoms with Gasteiger partial charge in [-0.2, -0.15) is 18.3 Å². The number of nitrogens with one attached hydrogen (secondary N) is 1. The molecule has 0 saturated carbocycles. The van der Waals surface area contributed by atoms with Gasteiger partial charge in [0, 0.05) is 24.2 Å². The number of carbonyl (C=O) groups excluding carboxylic acids is 1. The van der Waals surface area contributed by atoms with Crippen LogP contribution in [0.3, 0.4) is 0 Å². The molecule has 0 radical (unpaired) electrons. The predicted molar refractivity (Wildman–Crippen MR) is 99.0 cm³/mol. The zero-order valence-corrected chi connectivity index (χ0v) is 16.1. The fourth-order valence-corrected chi connectivity index (χ4v) is 2.77. The van der Waals surface area contributed by atoms with E-state index < -0.39 is 17.6 Å². The quantitative estimate of drug-likeness (QED) is 0.726. The molecule has 3 aromatic rings. The third kappa shape index (κ3) is 4.00. The third-order valence-electron chi connectivity index (χ3n) is 4.44. The molecule has 28 heavy (non-hydrogen) atoms. The first-order valence-electron chi connectivity index (χ1n) is 8.77. The highest BCUT2D eigenvalue weighted by Gasteiger charge is 2.30. The van der Waals surface area contributed by atoms with E-state index in [-0.39, 0.29) is 12.0 Å². The van der Waals surface area contributed by atoms with E-state index in [2.05, 4.69) is 15.4 Å². The first kappa shape index (κ1) is 19.9. The van der Waals surface area contributed by atoms with E-state index in [0.29, 0.717) is 22.5 Å². The molecule has 148 valence electrons. The zero-order valence-electron chi connectivity index (χ0n) is 16.1. The van der Waals surface area contributed by atoms with E-state index in [0.717, 1.165) is 17.8 Å². The predicted octanol–water partition coefficient (Wildman–Crippen LogP) is 4.28. The normalized spacial score (nSPS) is 12.4. The maximum atomic E-state index is 12.8. The SMILES string of the molecule is Cc1c(C(=O)NCc2cccc(C(F)(F)F)c2)cnc2cc(C(C)(C)C)nn12. The van der Waals surface area contributed by atoms with Crippen molar-refractivity contribution in [3.63, 3.8) is 0 Å². The van der Waals surface area contributed by atoms with Crippen molar-refractivity contribution in [1.82, 2.24) is 19.9 Å². The van der Waals surface area contributed by atoms with Crippen LogP contribution in [-0.4, -0.2) is 20.5 Å². The number of rotatable bonds is 3. The number of aromatic nitrogens is 3. The molecule has 0 aliphatic carbocycles. The molecule has 0 fully saturated rings. The van der Waals surface area contributed by atoms with Gasteiger partial charge in [0.15, 0.2) is 5.65 Å². The minimum Gasteiger partial charge on any atom is -0.348 e. The summed E-state index contributed by atoms with van der Waals surface area (Å²) in [4.78, 5) is 16.8. The minimum atomic E-state index is -4.42. The molecule has 0 aliphatic rings. The lowest BCUT2D eigenvalue weighted by Crippen LogP contribution is -2.25. The summed E-state index contributed by atoms with van der Waals surface area (Å²) < 4.78 is 40.1. The molecule has 8 heteroatoms. The molecular formula is C20H21F3N4O. The average Bonchev–Trinajstić information content (AvgIpc) is 3.05. The molecule has 0 spiro atoms. The topological polar surface area (TPSA) is 59.3 Å². The van der Waals surface area contributed by atoms with Gasteiger partial charge in [0.05, 0.1) is 22.5 Å². The molecule has 1 N–H and O–H groups in total. The number of hydrogen-bond acceptors (Lipinski definition) is 3. The van der Waals surface area contributed by atoms with Crippen molar-refractivity contribution < 1.29 is 18.0 Å². The fourth-order valence-electron chi connectivity index (χ4n) is 2.77. The van der Waals surface area contributed by atoms with E-state index in [1.165, 1.54) is 18.3 Å². The van der Waals surface area contributed by atoms with Gasteiger partial charge in [-0.3, -0.25) is 4.79 Å². The molecule has 0 bridgehead atoms. The van der Waals surface area contributed by atoms with E-state index in [1.807, 2.05) is 26.8 Å². The summed E-state index contributed by atoms with van der Waals surface area (Å²) in [7, 11) is 0. The maximum absolute atomic E-state index is 12.8. The molecular weight excluding hydrogens is 369 g/mol. The second-order valence-corrected chi connectivity index (χ2v) is 7.69. The lowest BCUT2D eigenvalue weighted by atomic mass is 9.93. The van der Waals surface area contributed by atoms with Crippen LogP contribution in [0.1, 0.15) is 53.6 Å². The summed E-state index contributed by atoms with van der Waals surface area (Å²) in [6.07, 6.45) is -2.96. The highest BCUT2D eigenvalue weighted by molar-refractivity contribution is 5.95. The van der Waals surface area contributed by atoms with Crippen LogP contribution in [-0.2, 0) is 18.1 Å². The van der Waals surface area contributed by atoms with E-state index in [9.17, 15) is 18.0 Å². The van der Waals surface area contributed by atoms with Crippen LogP contribution in [0.5, 0.6) is 0 Å². The van der Waals surface area contributed by atoms with E-state index >= 15 is 0 Å². The fraction of sp³-hybridized carbons (Fsp3) is 0.350. The molecule has 0 unspecified atom stereocenters. The Balaban J connectivity index is 1.81. The molecule has 1 aromatic carbocycles. The number of hydrogen-bond donors (Lipinski definition) is 1. The number of amides is 1. The van der Waals surface area contributed by atoms with Gasteiger partial charge in [0.25, 0.3) is 5.91 Å². The maximum Gasteiger partial charge on any atom is 0.416 e. The van der Waals surface area contributed by atoms with Crippen molar-refractivity contribution in [3.05, 3.63) is 64.6 Å². The van der Waals surface area contributed by atoms with Crippen molar-refractivity contribution in [2.75, 3.05) is 0 Å². The number of aryl methyl sites for hydroxylation is 1. The molecule has 0 saturated heterocycles. The Labute approximate surface area is 160 Å². The largest absolute Gasteiger partial charge is 0.416 e. The summed E-state index contributed by atoms with van der Waals surface area (Å²) in [6.45, 7) is 7.84. The first-order chi connectivity index (χ1) is 13.0. The van der Waals surface area contributed by atoms with E-state index in [1.54, 1.807) is 11.4 Å². The van der Waals surface area contributed by atoms with Crippen LogP contribution < -0.4 is 5.32 Å². The van der Waals surface area contributed by atoms with Gasteiger partial charge in [-0.15, -0.1) is 0 Å². The number of alkyl halides is 3. The zero-order chi connectivity index (χ0) is 20.7. The van der Waals surface area contributed by atoms with Crippen molar-refractivity contribution in [1.29, 1.82) is 0 Å². The van der Waals surface area contributed by atoms with Crippen LogP contribution >= 0.6 is 0 Å². The molecule has 2 aromatic heterocycles. The summed E-state index contributed by atoms with van der Waals surface area (Å²) in [5.41, 5.74) is 1.88. The second kappa shape index (κ2) is 6.92. The monoisotopic (exact) mass is 390 g/mol. The summed E-state index contributed by atoms with van der Waals surface area (Å²) in [6, 6.07) is 6.75. The number of benzene rings is 1. The van der Waals surface area contributed by atoms with Crippen molar-refractivity contribution in [2.45, 2.75) is 45.8 Å². The summed E-state index contributed by atoms with van der Waals surface area (Å²) >= 11 is 0. The van der Waals surface area contributed by atoms with Gasteiger partial charge >= 0.3 is 6.18 Å². The summed E-state index contributed by atoms with van der Waals surface area (Å²) in [5, 5.41) is 7.18. The van der Waals surface area contributed by atoms with Crippen LogP contribution in [0.2, 0.25) is 0 Å². The van der Waals surface area contributed by atoms with E-state index in [4.69, 9.17) is 0 Å². The molecule has 2 heterocycles. The molecule has 1 amide bonds. The van der Waals surface area contributed by atoms with Gasteiger partial charge < -0.3 is 5.32 Å². The highest BCUT2D eigenvalue weighted by Crippen LogP contribution is 2.29. The van der Waals surface area contributed by atoms with Crippen molar-refractivity contribution >= 4 is 11.6 Å². The Kier molecular flexibility index (Phi) is 4.91. The van der Waals surface area contributed by atoms with Gasteiger partial charge in [-0.1, -0.05) is 32.9 Å². The molecule has 5 nitrogen and oxygen atoms in total. The Morgan fingerprint density at radius 2 is 1.89 bits per heavy atom. The van der Waals surface area contributed by atoms with Gasteiger partial charge in [0.1, 0.15) is 0 Å². The average molecular weight is 390 g/mol. The standard InChI is InChI=1S/C20H21F3N4O/c1-12-15(11-24-17-9-16(19(2,3)4)26-27(12)17)18(28)25-10-13-6-5-7-14(8-13)20(21,22)23/h5-9,11H,10H2,1-4H3,(H,25,28). The minimum absolute atomic E-state index is 0.0213. The Hall–Kier alpha value is -2.90. The first-order valence-corrected chi connectivity index (χ1v) is 8.77. The smallest absolute Gasteiger partial charge is 0.348 e. The Morgan fingerprint density at radius 3 is 2.54 bits per heavy atom. The van der Waals surface area contributed by atoms with Gasteiger partial charge in [-0.05, 0) is 24.6 Å². The highest BCUT2D eigenvalue weighted by atomic mass is 19.4. The Bertz CT molecular complexity index is 1030. The summed E-state index contributed by atoms with van der Waals surface area (Å²) in [5.74, 6) is -0.419. The van der Waals surface area contributed by atoms with Crippen molar-refractivity contribution in [2.24, 2.45) is 0 Å². The van der Waals surface area contributed by atoms with Gasteiger partial charge in [-0.25, -0.2) is 9.50 Å². The Morgan fingerprint density at radius 1 is 1.18 bits per heavy atom. The van der Waals surface area contributed by atoms with Crippen molar-refractivity contribution in [3.8, 4) is 0 Å². The van der Waals surface area contributed by atoms with Crippen LogP contribution in [0.25, 0.3) is 5.65 Å². The van der Waals surface area contributed by atoms with Gasteiger partial charge in [0.2, 0.25) is 0 Å². The van der Waals surface area contributed by atoms with Crippen LogP contribution in [0, 0.1) is 6.92 Å². The molecule has 0 atom stereocenters. The lowest BCUT2D eigenvalue weighted by molar-refractivity contribution is -0.137.